The van der Waals surface area contributed by atoms with E-state index in [0.29, 0.717) is 11.3 Å². The van der Waals surface area contributed by atoms with Crippen molar-refractivity contribution in [1.82, 2.24) is 14.5 Å². The Morgan fingerprint density at radius 2 is 1.86 bits per heavy atom. The van der Waals surface area contributed by atoms with E-state index in [2.05, 4.69) is 4.98 Å². The van der Waals surface area contributed by atoms with Crippen molar-refractivity contribution in [3.05, 3.63) is 55.6 Å². The van der Waals surface area contributed by atoms with Crippen LogP contribution < -0.4 is 11.2 Å². The average Bonchev–Trinajstić information content (AvgIpc) is 2.91. The Morgan fingerprint density at radius 3 is 2.46 bits per heavy atom. The van der Waals surface area contributed by atoms with Gasteiger partial charge in [-0.05, 0) is 33.3 Å². The molecule has 2 rings (SSSR count). The summed E-state index contributed by atoms with van der Waals surface area (Å²) in [4.78, 5) is 64.2. The minimum absolute atomic E-state index is 0.141. The van der Waals surface area contributed by atoms with Crippen molar-refractivity contribution in [3.63, 3.8) is 0 Å². The normalized spacial score (nSPS) is 11.7. The molecule has 0 fully saturated rings. The number of rotatable bonds is 7. The number of aromatic amines is 2. The van der Waals surface area contributed by atoms with Crippen LogP contribution in [0.1, 0.15) is 46.0 Å². The van der Waals surface area contributed by atoms with Gasteiger partial charge in [-0.3, -0.25) is 23.9 Å². The summed E-state index contributed by atoms with van der Waals surface area (Å²) < 4.78 is 11.0. The largest absolute Gasteiger partial charge is 0.462 e. The third-order valence-electron chi connectivity index (χ3n) is 4.04. The Labute approximate surface area is 159 Å². The smallest absolute Gasteiger partial charge is 0.340 e. The molecule has 28 heavy (non-hydrogen) atoms. The van der Waals surface area contributed by atoms with Gasteiger partial charge in [-0.15, -0.1) is 0 Å². The summed E-state index contributed by atoms with van der Waals surface area (Å²) >= 11 is 0. The molecule has 0 saturated heterocycles. The van der Waals surface area contributed by atoms with Gasteiger partial charge >= 0.3 is 17.6 Å². The number of aryl methyl sites for hydroxylation is 1. The predicted octanol–water partition coefficient (Wildman–Crippen LogP) is 0.473. The SMILES string of the molecule is CCOC(=O)c1c(C)[nH]c(C(=O)[C@@H](C)OC(=O)Cn2ccc(=O)[nH]c2=O)c1C. The summed E-state index contributed by atoms with van der Waals surface area (Å²) in [7, 11) is 0. The number of ketones is 1. The summed E-state index contributed by atoms with van der Waals surface area (Å²) in [5, 5.41) is 0. The number of carbonyl (C=O) groups excluding carboxylic acids is 3. The molecule has 0 bridgehead atoms. The van der Waals surface area contributed by atoms with E-state index in [1.807, 2.05) is 4.98 Å². The van der Waals surface area contributed by atoms with Crippen molar-refractivity contribution in [2.45, 2.75) is 40.3 Å². The summed E-state index contributed by atoms with van der Waals surface area (Å²) in [6, 6.07) is 1.09. The van der Waals surface area contributed by atoms with Crippen LogP contribution in [0.25, 0.3) is 0 Å². The van der Waals surface area contributed by atoms with Crippen LogP contribution in [0.5, 0.6) is 0 Å². The summed E-state index contributed by atoms with van der Waals surface area (Å²) in [6.07, 6.45) is -0.00305. The van der Waals surface area contributed by atoms with Crippen molar-refractivity contribution < 1.29 is 23.9 Å². The number of carbonyl (C=O) groups is 3. The molecule has 0 spiro atoms. The van der Waals surface area contributed by atoms with Gasteiger partial charge in [0.2, 0.25) is 5.78 Å². The Morgan fingerprint density at radius 1 is 1.18 bits per heavy atom. The lowest BCUT2D eigenvalue weighted by Gasteiger charge is -2.13. The van der Waals surface area contributed by atoms with Gasteiger partial charge in [0.05, 0.1) is 17.9 Å². The number of Topliss-reactive ketones (excluding diaryl/α,β-unsaturated/α-hetero) is 1. The van der Waals surface area contributed by atoms with E-state index < -0.39 is 41.6 Å². The fraction of sp³-hybridized carbons (Fsp3) is 0.389. The van der Waals surface area contributed by atoms with Gasteiger partial charge < -0.3 is 14.5 Å². The molecule has 10 heteroatoms. The maximum absolute atomic E-state index is 12.6. The van der Waals surface area contributed by atoms with Gasteiger partial charge in [0.1, 0.15) is 6.54 Å². The zero-order valence-corrected chi connectivity index (χ0v) is 16.0. The lowest BCUT2D eigenvalue weighted by molar-refractivity contribution is -0.147. The highest BCUT2D eigenvalue weighted by atomic mass is 16.5. The van der Waals surface area contributed by atoms with Crippen molar-refractivity contribution in [3.8, 4) is 0 Å². The predicted molar refractivity (Wildman–Crippen MR) is 97.4 cm³/mol. The van der Waals surface area contributed by atoms with Gasteiger partial charge in [0, 0.05) is 18.0 Å². The summed E-state index contributed by atoms with van der Waals surface area (Å²) in [6.45, 7) is 6.02. The average molecular weight is 391 g/mol. The highest BCUT2D eigenvalue weighted by molar-refractivity contribution is 6.03. The fourth-order valence-electron chi connectivity index (χ4n) is 2.70. The van der Waals surface area contributed by atoms with Crippen LogP contribution in [0.4, 0.5) is 0 Å². The highest BCUT2D eigenvalue weighted by Gasteiger charge is 2.27. The monoisotopic (exact) mass is 391 g/mol. The van der Waals surface area contributed by atoms with Crippen LogP contribution >= 0.6 is 0 Å². The van der Waals surface area contributed by atoms with Crippen LogP contribution in [0, 0.1) is 13.8 Å². The molecule has 150 valence electrons. The maximum atomic E-state index is 12.6. The number of nitrogens with zero attached hydrogens (tertiary/aromatic N) is 1. The summed E-state index contributed by atoms with van der Waals surface area (Å²) in [5.74, 6) is -1.91. The molecule has 2 N–H and O–H groups in total. The van der Waals surface area contributed by atoms with Gasteiger partial charge in [-0.1, -0.05) is 0 Å². The minimum atomic E-state index is -1.15. The molecule has 0 aliphatic heterocycles. The van der Waals surface area contributed by atoms with Crippen LogP contribution in [0.2, 0.25) is 0 Å². The van der Waals surface area contributed by atoms with Crippen LogP contribution in [-0.2, 0) is 20.8 Å². The van der Waals surface area contributed by atoms with Gasteiger partial charge in [0.25, 0.3) is 5.56 Å². The summed E-state index contributed by atoms with van der Waals surface area (Å²) in [5.41, 5.74) is -0.0737. The quantitative estimate of drug-likeness (QED) is 0.516. The first kappa shape index (κ1) is 20.9. The molecular weight excluding hydrogens is 370 g/mol. The number of esters is 2. The van der Waals surface area contributed by atoms with Gasteiger partial charge in [0.15, 0.2) is 6.10 Å². The van der Waals surface area contributed by atoms with E-state index in [1.54, 1.807) is 20.8 Å². The molecule has 0 radical (unpaired) electrons. The molecule has 0 amide bonds. The molecule has 10 nitrogen and oxygen atoms in total. The second-order valence-corrected chi connectivity index (χ2v) is 6.08. The number of hydrogen-bond donors (Lipinski definition) is 2. The van der Waals surface area contributed by atoms with E-state index in [1.165, 1.54) is 6.92 Å². The van der Waals surface area contributed by atoms with Crippen molar-refractivity contribution >= 4 is 17.7 Å². The lowest BCUT2D eigenvalue weighted by Crippen LogP contribution is -2.33. The first-order valence-corrected chi connectivity index (χ1v) is 8.55. The van der Waals surface area contributed by atoms with Crippen molar-refractivity contribution in [2.75, 3.05) is 6.61 Å². The number of H-pyrrole nitrogens is 2. The van der Waals surface area contributed by atoms with Gasteiger partial charge in [-0.2, -0.15) is 0 Å². The molecule has 2 aromatic heterocycles. The Kier molecular flexibility index (Phi) is 6.34. The topological polar surface area (TPSA) is 140 Å². The molecule has 0 saturated carbocycles. The second kappa shape index (κ2) is 8.51. The zero-order valence-electron chi connectivity index (χ0n) is 16.0. The molecule has 0 aromatic carbocycles. The van der Waals surface area contributed by atoms with E-state index in [4.69, 9.17) is 9.47 Å². The van der Waals surface area contributed by atoms with Crippen molar-refractivity contribution in [2.24, 2.45) is 0 Å². The minimum Gasteiger partial charge on any atom is -0.462 e. The molecule has 0 aliphatic rings. The Bertz CT molecular complexity index is 1030. The first-order valence-electron chi connectivity index (χ1n) is 8.55. The maximum Gasteiger partial charge on any atom is 0.340 e. The van der Waals surface area contributed by atoms with Crippen LogP contribution in [0.15, 0.2) is 21.9 Å². The van der Waals surface area contributed by atoms with Crippen molar-refractivity contribution in [1.29, 1.82) is 0 Å². The first-order chi connectivity index (χ1) is 13.1. The fourth-order valence-corrected chi connectivity index (χ4v) is 2.70. The van der Waals surface area contributed by atoms with E-state index in [-0.39, 0.29) is 17.9 Å². The number of nitrogens with one attached hydrogen (secondary N) is 2. The highest BCUT2D eigenvalue weighted by Crippen LogP contribution is 2.21. The van der Waals surface area contributed by atoms with E-state index in [9.17, 15) is 24.0 Å². The third kappa shape index (κ3) is 4.45. The standard InChI is InChI=1S/C18H21N3O7/c1-5-27-17(25)14-9(2)15(19-10(14)3)16(24)11(4)28-13(23)8-21-7-6-12(22)20-18(21)26/h6-7,11,19H,5,8H2,1-4H3,(H,20,22,26)/t11-/m1/s1. The molecule has 2 heterocycles. The van der Waals surface area contributed by atoms with Crippen LogP contribution in [-0.4, -0.2) is 45.0 Å². The van der Waals surface area contributed by atoms with E-state index in [0.717, 1.165) is 16.8 Å². The molecular formula is C18H21N3O7. The number of ether oxygens (including phenoxy) is 2. The number of hydrogen-bond acceptors (Lipinski definition) is 7. The molecule has 0 unspecified atom stereocenters. The zero-order chi connectivity index (χ0) is 21.0. The lowest BCUT2D eigenvalue weighted by atomic mass is 10.1. The second-order valence-electron chi connectivity index (χ2n) is 6.08. The third-order valence-corrected chi connectivity index (χ3v) is 4.04. The molecule has 0 aliphatic carbocycles. The van der Waals surface area contributed by atoms with Gasteiger partial charge in [-0.25, -0.2) is 9.59 Å². The number of aromatic nitrogens is 3. The van der Waals surface area contributed by atoms with E-state index >= 15 is 0 Å². The Hall–Kier alpha value is -3.43. The molecule has 1 atom stereocenters. The molecule has 2 aromatic rings. The Balaban J connectivity index is 2.13. The van der Waals surface area contributed by atoms with Crippen LogP contribution in [0.3, 0.4) is 0 Å².